The Labute approximate surface area is 179 Å². The molecule has 1 saturated heterocycles. The molecule has 7 nitrogen and oxygen atoms in total. The number of aromatic carboxylic acids is 1. The Kier molecular flexibility index (Phi) is 5.78. The summed E-state index contributed by atoms with van der Waals surface area (Å²) in [5, 5.41) is 13.3. The number of aromatic nitrogens is 2. The quantitative estimate of drug-likeness (QED) is 0.566. The van der Waals surface area contributed by atoms with Gasteiger partial charge in [-0.1, -0.05) is 6.07 Å². The van der Waals surface area contributed by atoms with Gasteiger partial charge in [-0.05, 0) is 60.7 Å². The van der Waals surface area contributed by atoms with Gasteiger partial charge in [0.15, 0.2) is 5.11 Å². The molecule has 30 heavy (non-hydrogen) atoms. The first-order chi connectivity index (χ1) is 14.6. The molecule has 2 aromatic heterocycles. The lowest BCUT2D eigenvalue weighted by Crippen LogP contribution is -2.33. The fourth-order valence-electron chi connectivity index (χ4n) is 3.79. The summed E-state index contributed by atoms with van der Waals surface area (Å²) in [6.45, 7) is 1.18. The number of nitrogens with zero attached hydrogens (tertiary/aromatic N) is 3. The van der Waals surface area contributed by atoms with Gasteiger partial charge in [0.05, 0.1) is 29.9 Å². The van der Waals surface area contributed by atoms with Crippen LogP contribution in [0, 0.1) is 0 Å². The van der Waals surface area contributed by atoms with Gasteiger partial charge in [-0.15, -0.1) is 0 Å². The summed E-state index contributed by atoms with van der Waals surface area (Å²) >= 11 is 5.64. The number of methoxy groups -OCH3 is 1. The Morgan fingerprint density at radius 2 is 2.00 bits per heavy atom. The Morgan fingerprint density at radius 3 is 2.67 bits per heavy atom. The molecule has 2 N–H and O–H groups in total. The fraction of sp³-hybridized carbons (Fsp3) is 0.227. The lowest BCUT2D eigenvalue weighted by molar-refractivity contribution is 0.0697. The molecule has 1 fully saturated rings. The third-order valence-corrected chi connectivity index (χ3v) is 5.56. The van der Waals surface area contributed by atoms with E-state index >= 15 is 0 Å². The minimum absolute atomic E-state index is 0.100. The number of thiocarbonyl (C=S) groups is 1. The summed E-state index contributed by atoms with van der Waals surface area (Å²) in [5.74, 6) is -0.944. The third kappa shape index (κ3) is 3.79. The van der Waals surface area contributed by atoms with E-state index in [-0.39, 0.29) is 17.6 Å². The molecule has 0 radical (unpaired) electrons. The Hall–Kier alpha value is -3.23. The molecular weight excluding hydrogens is 400 g/mol. The average Bonchev–Trinajstić information content (AvgIpc) is 3.37. The highest BCUT2D eigenvalue weighted by molar-refractivity contribution is 7.80. The highest BCUT2D eigenvalue weighted by Gasteiger charge is 2.41. The van der Waals surface area contributed by atoms with Crippen LogP contribution in [0.15, 0.2) is 67.0 Å². The first-order valence-corrected chi connectivity index (χ1v) is 9.99. The van der Waals surface area contributed by atoms with E-state index in [0.717, 1.165) is 17.1 Å². The average molecular weight is 423 g/mol. The minimum Gasteiger partial charge on any atom is -0.478 e. The molecule has 8 heteroatoms. The number of carboxylic acids is 1. The van der Waals surface area contributed by atoms with Gasteiger partial charge in [-0.2, -0.15) is 0 Å². The number of hydrogen-bond donors (Lipinski definition) is 2. The molecule has 0 unspecified atom stereocenters. The molecule has 0 bridgehead atoms. The van der Waals surface area contributed by atoms with E-state index in [2.05, 4.69) is 25.8 Å². The minimum atomic E-state index is -0.944. The largest absolute Gasteiger partial charge is 0.478 e. The predicted molar refractivity (Wildman–Crippen MR) is 117 cm³/mol. The van der Waals surface area contributed by atoms with Gasteiger partial charge in [-0.3, -0.25) is 4.98 Å². The van der Waals surface area contributed by atoms with E-state index in [9.17, 15) is 9.90 Å². The van der Waals surface area contributed by atoms with Gasteiger partial charge >= 0.3 is 5.97 Å². The van der Waals surface area contributed by atoms with Gasteiger partial charge < -0.3 is 24.6 Å². The van der Waals surface area contributed by atoms with Crippen molar-refractivity contribution in [2.75, 3.05) is 20.3 Å². The van der Waals surface area contributed by atoms with Gasteiger partial charge in [-0.25, -0.2) is 4.79 Å². The fourth-order valence-corrected chi connectivity index (χ4v) is 4.12. The molecule has 1 aliphatic heterocycles. The van der Waals surface area contributed by atoms with Crippen LogP contribution in [0.25, 0.3) is 5.69 Å². The van der Waals surface area contributed by atoms with Crippen LogP contribution in [0.5, 0.6) is 0 Å². The predicted octanol–water partition coefficient (Wildman–Crippen LogP) is 3.19. The second-order valence-electron chi connectivity index (χ2n) is 6.97. The maximum Gasteiger partial charge on any atom is 0.335 e. The van der Waals surface area contributed by atoms with E-state index in [1.54, 1.807) is 25.4 Å². The van der Waals surface area contributed by atoms with Crippen LogP contribution < -0.4 is 5.32 Å². The SMILES string of the molecule is COCCN1C(=S)N[C@@H](c2ccccn2)[C@H]1c1cccn1-c1ccc(C(=O)O)cc1. The highest BCUT2D eigenvalue weighted by atomic mass is 32.1. The molecule has 1 aromatic carbocycles. The van der Waals surface area contributed by atoms with E-state index in [1.807, 2.05) is 42.6 Å². The van der Waals surface area contributed by atoms with E-state index < -0.39 is 5.97 Å². The van der Waals surface area contributed by atoms with Crippen LogP contribution >= 0.6 is 12.2 Å². The standard InChI is InChI=1S/C22H22N4O3S/c1-29-14-13-26-20(19(24-22(26)30)17-5-2-3-11-23-17)18-6-4-12-25(18)16-9-7-15(8-10-16)21(27)28/h2-12,19-20H,13-14H2,1H3,(H,24,30)(H,27,28)/t19-,20+/m0/s1. The second kappa shape index (κ2) is 8.64. The number of nitrogens with one attached hydrogen (secondary N) is 1. The molecule has 0 saturated carbocycles. The van der Waals surface area contributed by atoms with Crippen molar-refractivity contribution in [3.63, 3.8) is 0 Å². The number of carboxylic acid groups (broad SMARTS) is 1. The summed E-state index contributed by atoms with van der Waals surface area (Å²) in [6.07, 6.45) is 3.75. The maximum atomic E-state index is 11.2. The lowest BCUT2D eigenvalue weighted by Gasteiger charge is -2.28. The summed E-state index contributed by atoms with van der Waals surface area (Å²) in [6, 6.07) is 16.5. The van der Waals surface area contributed by atoms with Crippen molar-refractivity contribution in [2.45, 2.75) is 12.1 Å². The summed E-state index contributed by atoms with van der Waals surface area (Å²) in [7, 11) is 1.67. The van der Waals surface area contributed by atoms with Crippen molar-refractivity contribution in [3.05, 3.63) is 83.9 Å². The molecule has 0 spiro atoms. The molecule has 3 aromatic rings. The zero-order chi connectivity index (χ0) is 21.1. The molecular formula is C22H22N4O3S. The smallest absolute Gasteiger partial charge is 0.335 e. The normalized spacial score (nSPS) is 18.4. The first kappa shape index (κ1) is 20.1. The number of ether oxygens (including phenoxy) is 1. The number of hydrogen-bond acceptors (Lipinski definition) is 4. The van der Waals surface area contributed by atoms with Gasteiger partial charge in [0.2, 0.25) is 0 Å². The molecule has 4 rings (SSSR count). The monoisotopic (exact) mass is 422 g/mol. The first-order valence-electron chi connectivity index (χ1n) is 9.58. The van der Waals surface area contributed by atoms with Crippen LogP contribution in [0.3, 0.4) is 0 Å². The summed E-state index contributed by atoms with van der Waals surface area (Å²) in [4.78, 5) is 17.9. The number of carbonyl (C=O) groups is 1. The van der Waals surface area contributed by atoms with Crippen molar-refractivity contribution in [1.29, 1.82) is 0 Å². The van der Waals surface area contributed by atoms with Crippen molar-refractivity contribution in [2.24, 2.45) is 0 Å². The molecule has 0 aliphatic carbocycles. The van der Waals surface area contributed by atoms with E-state index in [1.165, 1.54) is 0 Å². The molecule has 154 valence electrons. The summed E-state index contributed by atoms with van der Waals surface area (Å²) < 4.78 is 7.36. The second-order valence-corrected chi connectivity index (χ2v) is 7.35. The van der Waals surface area contributed by atoms with Crippen LogP contribution in [-0.2, 0) is 4.74 Å². The molecule has 1 aliphatic rings. The Morgan fingerprint density at radius 1 is 1.20 bits per heavy atom. The van der Waals surface area contributed by atoms with Crippen LogP contribution in [0.4, 0.5) is 0 Å². The van der Waals surface area contributed by atoms with Crippen molar-refractivity contribution < 1.29 is 14.6 Å². The van der Waals surface area contributed by atoms with E-state index in [0.29, 0.717) is 18.3 Å². The van der Waals surface area contributed by atoms with E-state index in [4.69, 9.17) is 17.0 Å². The van der Waals surface area contributed by atoms with Crippen molar-refractivity contribution in [3.8, 4) is 5.69 Å². The number of rotatable bonds is 7. The molecule has 3 heterocycles. The van der Waals surface area contributed by atoms with Crippen molar-refractivity contribution >= 4 is 23.3 Å². The van der Waals surface area contributed by atoms with Crippen LogP contribution in [0.2, 0.25) is 0 Å². The molecule has 2 atom stereocenters. The van der Waals surface area contributed by atoms with Crippen molar-refractivity contribution in [1.82, 2.24) is 19.8 Å². The van der Waals surface area contributed by atoms with Gasteiger partial charge in [0.1, 0.15) is 0 Å². The highest BCUT2D eigenvalue weighted by Crippen LogP contribution is 2.39. The zero-order valence-electron chi connectivity index (χ0n) is 16.4. The summed E-state index contributed by atoms with van der Waals surface area (Å²) in [5.41, 5.74) is 3.06. The van der Waals surface area contributed by atoms with Gasteiger partial charge in [0.25, 0.3) is 0 Å². The van der Waals surface area contributed by atoms with Crippen LogP contribution in [0.1, 0.15) is 33.8 Å². The maximum absolute atomic E-state index is 11.2. The Balaban J connectivity index is 1.76. The molecule has 0 amide bonds. The number of benzene rings is 1. The Bertz CT molecular complexity index is 1040. The topological polar surface area (TPSA) is 79.6 Å². The zero-order valence-corrected chi connectivity index (χ0v) is 17.2. The lowest BCUT2D eigenvalue weighted by atomic mass is 10.0. The number of pyridine rings is 1. The third-order valence-electron chi connectivity index (χ3n) is 5.21. The van der Waals surface area contributed by atoms with Gasteiger partial charge in [0, 0.05) is 37.4 Å². The van der Waals surface area contributed by atoms with Crippen LogP contribution in [-0.4, -0.2) is 50.9 Å².